The van der Waals surface area contributed by atoms with E-state index in [1.807, 2.05) is 38.1 Å². The van der Waals surface area contributed by atoms with Gasteiger partial charge in [0.05, 0.1) is 16.7 Å². The minimum absolute atomic E-state index is 0.362. The van der Waals surface area contributed by atoms with E-state index in [1.165, 1.54) is 0 Å². The third-order valence-corrected chi connectivity index (χ3v) is 3.88. The summed E-state index contributed by atoms with van der Waals surface area (Å²) < 4.78 is 5.48. The highest BCUT2D eigenvalue weighted by Gasteiger charge is 2.08. The second-order valence-corrected chi connectivity index (χ2v) is 5.98. The van der Waals surface area contributed by atoms with Crippen LogP contribution in [0.15, 0.2) is 47.5 Å². The Kier molecular flexibility index (Phi) is 6.64. The molecule has 0 fully saturated rings. The van der Waals surface area contributed by atoms with Crippen LogP contribution in [0.1, 0.15) is 18.1 Å². The van der Waals surface area contributed by atoms with Crippen molar-refractivity contribution in [3.63, 3.8) is 0 Å². The van der Waals surface area contributed by atoms with Gasteiger partial charge in [-0.1, -0.05) is 53.0 Å². The van der Waals surface area contributed by atoms with E-state index in [-0.39, 0.29) is 0 Å². The predicted molar refractivity (Wildman–Crippen MR) is 99.4 cm³/mol. The van der Waals surface area contributed by atoms with Gasteiger partial charge >= 0.3 is 6.03 Å². The summed E-state index contributed by atoms with van der Waals surface area (Å²) >= 11 is 11.8. The number of benzene rings is 2. The third kappa shape index (κ3) is 5.55. The molecule has 1 N–H and O–H groups in total. The molecule has 0 aromatic heterocycles. The van der Waals surface area contributed by atoms with Gasteiger partial charge in [-0.25, -0.2) is 4.79 Å². The van der Waals surface area contributed by atoms with Gasteiger partial charge in [0.2, 0.25) is 0 Å². The van der Waals surface area contributed by atoms with Crippen molar-refractivity contribution in [2.45, 2.75) is 20.3 Å². The van der Waals surface area contributed by atoms with Crippen LogP contribution in [0, 0.1) is 6.92 Å². The SMILES string of the molecule is CCO/C(Cc1cccc(C)c1)=N\C(=O)Nc1ccc(Cl)c(Cl)c1. The van der Waals surface area contributed by atoms with Crippen LogP contribution in [-0.2, 0) is 11.2 Å². The van der Waals surface area contributed by atoms with Gasteiger partial charge in [0, 0.05) is 12.1 Å². The molecular formula is C18H18Cl2N2O2. The number of nitrogens with zero attached hydrogens (tertiary/aromatic N) is 1. The highest BCUT2D eigenvalue weighted by atomic mass is 35.5. The first-order chi connectivity index (χ1) is 11.5. The van der Waals surface area contributed by atoms with Crippen molar-refractivity contribution in [1.29, 1.82) is 0 Å². The van der Waals surface area contributed by atoms with Crippen LogP contribution in [0.3, 0.4) is 0 Å². The number of aryl methyl sites for hydroxylation is 1. The second-order valence-electron chi connectivity index (χ2n) is 5.16. The second kappa shape index (κ2) is 8.71. The molecule has 126 valence electrons. The molecule has 0 atom stereocenters. The maximum absolute atomic E-state index is 12.1. The zero-order chi connectivity index (χ0) is 17.5. The number of carbonyl (C=O) groups is 1. The lowest BCUT2D eigenvalue weighted by Gasteiger charge is -2.09. The molecule has 0 saturated carbocycles. The fourth-order valence-electron chi connectivity index (χ4n) is 2.12. The van der Waals surface area contributed by atoms with Crippen LogP contribution in [0.4, 0.5) is 10.5 Å². The Balaban J connectivity index is 2.10. The average molecular weight is 365 g/mol. The summed E-state index contributed by atoms with van der Waals surface area (Å²) in [4.78, 5) is 16.1. The minimum Gasteiger partial charge on any atom is -0.481 e. The molecule has 24 heavy (non-hydrogen) atoms. The van der Waals surface area contributed by atoms with E-state index in [0.717, 1.165) is 11.1 Å². The van der Waals surface area contributed by atoms with E-state index in [9.17, 15) is 4.79 Å². The summed E-state index contributed by atoms with van der Waals surface area (Å²) in [6, 6.07) is 12.3. The first kappa shape index (κ1) is 18.3. The Morgan fingerprint density at radius 3 is 2.62 bits per heavy atom. The van der Waals surface area contributed by atoms with E-state index in [1.54, 1.807) is 18.2 Å². The summed E-state index contributed by atoms with van der Waals surface area (Å²) in [5.41, 5.74) is 2.69. The van der Waals surface area contributed by atoms with Crippen molar-refractivity contribution in [2.75, 3.05) is 11.9 Å². The van der Waals surface area contributed by atoms with E-state index in [4.69, 9.17) is 27.9 Å². The summed E-state index contributed by atoms with van der Waals surface area (Å²) in [6.45, 7) is 4.30. The largest absolute Gasteiger partial charge is 0.481 e. The van der Waals surface area contributed by atoms with Crippen molar-refractivity contribution in [2.24, 2.45) is 4.99 Å². The molecule has 2 rings (SSSR count). The van der Waals surface area contributed by atoms with Crippen LogP contribution in [0.25, 0.3) is 0 Å². The first-order valence-electron chi connectivity index (χ1n) is 7.50. The summed E-state index contributed by atoms with van der Waals surface area (Å²) in [5.74, 6) is 0.362. The molecule has 0 saturated heterocycles. The lowest BCUT2D eigenvalue weighted by molar-refractivity contribution is 0.257. The van der Waals surface area contributed by atoms with Crippen LogP contribution >= 0.6 is 23.2 Å². The highest BCUT2D eigenvalue weighted by Crippen LogP contribution is 2.25. The van der Waals surface area contributed by atoms with E-state index in [0.29, 0.717) is 34.7 Å². The number of halogens is 2. The van der Waals surface area contributed by atoms with Crippen molar-refractivity contribution in [3.05, 3.63) is 63.6 Å². The number of urea groups is 1. The Morgan fingerprint density at radius 1 is 1.17 bits per heavy atom. The molecule has 0 aliphatic carbocycles. The maximum atomic E-state index is 12.1. The number of anilines is 1. The number of hydrogen-bond acceptors (Lipinski definition) is 2. The maximum Gasteiger partial charge on any atom is 0.348 e. The normalized spacial score (nSPS) is 11.2. The standard InChI is InChI=1S/C18H18Cl2N2O2/c1-3-24-17(10-13-6-4-5-12(2)9-13)22-18(23)21-14-7-8-15(19)16(20)11-14/h4-9,11H,3,10H2,1-2H3,(H,21,23)/b22-17-. The van der Waals surface area contributed by atoms with Gasteiger partial charge in [0.25, 0.3) is 0 Å². The molecule has 0 unspecified atom stereocenters. The van der Waals surface area contributed by atoms with Crippen LogP contribution < -0.4 is 5.32 Å². The lowest BCUT2D eigenvalue weighted by atomic mass is 10.1. The zero-order valence-electron chi connectivity index (χ0n) is 13.5. The molecule has 2 amide bonds. The summed E-state index contributed by atoms with van der Waals surface area (Å²) in [6.07, 6.45) is 0.449. The van der Waals surface area contributed by atoms with Gasteiger partial charge < -0.3 is 10.1 Å². The van der Waals surface area contributed by atoms with Gasteiger partial charge in [-0.3, -0.25) is 0 Å². The van der Waals surface area contributed by atoms with E-state index >= 15 is 0 Å². The number of ether oxygens (including phenoxy) is 1. The van der Waals surface area contributed by atoms with Crippen molar-refractivity contribution >= 4 is 40.8 Å². The molecule has 0 heterocycles. The summed E-state index contributed by atoms with van der Waals surface area (Å²) in [5, 5.41) is 3.43. The fourth-order valence-corrected chi connectivity index (χ4v) is 2.42. The molecule has 2 aromatic carbocycles. The quantitative estimate of drug-likeness (QED) is 0.574. The number of carbonyl (C=O) groups excluding carboxylic acids is 1. The molecule has 0 aliphatic rings. The van der Waals surface area contributed by atoms with Crippen molar-refractivity contribution in [3.8, 4) is 0 Å². The Labute approximate surface area is 151 Å². The Morgan fingerprint density at radius 2 is 1.96 bits per heavy atom. The van der Waals surface area contributed by atoms with Gasteiger partial charge in [-0.15, -0.1) is 0 Å². The van der Waals surface area contributed by atoms with Crippen molar-refractivity contribution in [1.82, 2.24) is 0 Å². The van der Waals surface area contributed by atoms with Crippen LogP contribution in [0.2, 0.25) is 10.0 Å². The van der Waals surface area contributed by atoms with Crippen LogP contribution in [0.5, 0.6) is 0 Å². The smallest absolute Gasteiger partial charge is 0.348 e. The molecule has 0 aliphatic heterocycles. The van der Waals surface area contributed by atoms with Gasteiger partial charge in [-0.2, -0.15) is 4.99 Å². The monoisotopic (exact) mass is 364 g/mol. The van der Waals surface area contributed by atoms with E-state index < -0.39 is 6.03 Å². The highest BCUT2D eigenvalue weighted by molar-refractivity contribution is 6.42. The molecule has 6 heteroatoms. The van der Waals surface area contributed by atoms with Crippen LogP contribution in [-0.4, -0.2) is 18.5 Å². The fraction of sp³-hybridized carbons (Fsp3) is 0.222. The molecule has 0 spiro atoms. The Bertz CT molecular complexity index is 760. The zero-order valence-corrected chi connectivity index (χ0v) is 15.0. The first-order valence-corrected chi connectivity index (χ1v) is 8.25. The van der Waals surface area contributed by atoms with Gasteiger partial charge in [0.15, 0.2) is 5.90 Å². The number of amides is 2. The van der Waals surface area contributed by atoms with Gasteiger partial charge in [0.1, 0.15) is 0 Å². The van der Waals surface area contributed by atoms with E-state index in [2.05, 4.69) is 10.3 Å². The topological polar surface area (TPSA) is 50.7 Å². The molecule has 0 bridgehead atoms. The predicted octanol–water partition coefficient (Wildman–Crippen LogP) is 5.51. The third-order valence-electron chi connectivity index (χ3n) is 3.15. The number of rotatable bonds is 4. The molecule has 0 radical (unpaired) electrons. The minimum atomic E-state index is -0.524. The average Bonchev–Trinajstić information content (AvgIpc) is 2.51. The number of nitrogens with one attached hydrogen (secondary N) is 1. The Hall–Kier alpha value is -2.04. The number of aliphatic imine (C=N–C) groups is 1. The van der Waals surface area contributed by atoms with Gasteiger partial charge in [-0.05, 0) is 37.6 Å². The number of hydrogen-bond donors (Lipinski definition) is 1. The molecular weight excluding hydrogens is 347 g/mol. The summed E-state index contributed by atoms with van der Waals surface area (Å²) in [7, 11) is 0. The lowest BCUT2D eigenvalue weighted by Crippen LogP contribution is -2.15. The molecule has 2 aromatic rings. The molecule has 4 nitrogen and oxygen atoms in total. The van der Waals surface area contributed by atoms with Crippen molar-refractivity contribution < 1.29 is 9.53 Å².